The molecule has 0 aromatic heterocycles. The second-order valence-corrected chi connectivity index (χ2v) is 5.79. The van der Waals surface area contributed by atoms with Crippen molar-refractivity contribution in [3.8, 4) is 0 Å². The van der Waals surface area contributed by atoms with Crippen LogP contribution in [-0.4, -0.2) is 34.7 Å². The summed E-state index contributed by atoms with van der Waals surface area (Å²) >= 11 is 6.02. The molecule has 0 spiro atoms. The second-order valence-electron chi connectivity index (χ2n) is 5.38. The first-order valence-electron chi connectivity index (χ1n) is 6.42. The number of benzene rings is 1. The van der Waals surface area contributed by atoms with Crippen molar-refractivity contribution in [2.45, 2.75) is 32.3 Å². The van der Waals surface area contributed by atoms with Gasteiger partial charge in [0.2, 0.25) is 0 Å². The van der Waals surface area contributed by atoms with Crippen LogP contribution in [0.2, 0.25) is 5.02 Å². The highest BCUT2D eigenvalue weighted by Crippen LogP contribution is 2.23. The molecule has 0 unspecified atom stereocenters. The lowest BCUT2D eigenvalue weighted by molar-refractivity contribution is 0.00570. The molecule has 1 saturated heterocycles. The van der Waals surface area contributed by atoms with Crippen LogP contribution in [0.15, 0.2) is 18.2 Å². The zero-order chi connectivity index (χ0) is 14.0. The topological polar surface area (TPSA) is 52.6 Å². The third-order valence-electron chi connectivity index (χ3n) is 3.55. The molecule has 2 N–H and O–H groups in total. The van der Waals surface area contributed by atoms with E-state index in [0.717, 1.165) is 5.56 Å². The summed E-state index contributed by atoms with van der Waals surface area (Å²) in [5.74, 6) is 0. The summed E-state index contributed by atoms with van der Waals surface area (Å²) in [6.45, 7) is 4.86. The van der Waals surface area contributed by atoms with Crippen LogP contribution in [0.3, 0.4) is 0 Å². The molecule has 0 aliphatic carbocycles. The summed E-state index contributed by atoms with van der Waals surface area (Å²) < 4.78 is 0. The van der Waals surface area contributed by atoms with Crippen molar-refractivity contribution in [2.75, 3.05) is 18.4 Å². The Bertz CT molecular complexity index is 478. The zero-order valence-electron chi connectivity index (χ0n) is 11.2. The molecule has 5 heteroatoms. The lowest BCUT2D eigenvalue weighted by Crippen LogP contribution is -2.46. The zero-order valence-corrected chi connectivity index (χ0v) is 12.0. The Hall–Kier alpha value is -1.26. The van der Waals surface area contributed by atoms with Gasteiger partial charge in [0, 0.05) is 23.8 Å². The van der Waals surface area contributed by atoms with Gasteiger partial charge in [-0.1, -0.05) is 17.7 Å². The number of aryl methyl sites for hydroxylation is 1. The molecule has 1 aromatic carbocycles. The van der Waals surface area contributed by atoms with Gasteiger partial charge in [-0.15, -0.1) is 0 Å². The third-order valence-corrected chi connectivity index (χ3v) is 3.96. The molecule has 1 heterocycles. The van der Waals surface area contributed by atoms with E-state index in [2.05, 4.69) is 5.32 Å². The molecule has 0 radical (unpaired) electrons. The number of hydrogen-bond acceptors (Lipinski definition) is 2. The van der Waals surface area contributed by atoms with Crippen molar-refractivity contribution in [2.24, 2.45) is 0 Å². The highest BCUT2D eigenvalue weighted by atomic mass is 35.5. The van der Waals surface area contributed by atoms with Crippen LogP contribution in [0.1, 0.15) is 25.3 Å². The Morgan fingerprint density at radius 3 is 2.63 bits per heavy atom. The number of carbonyl (C=O) groups excluding carboxylic acids is 1. The largest absolute Gasteiger partial charge is 0.390 e. The molecule has 1 aliphatic rings. The van der Waals surface area contributed by atoms with Crippen molar-refractivity contribution in [1.29, 1.82) is 0 Å². The third kappa shape index (κ3) is 3.61. The van der Waals surface area contributed by atoms with Crippen LogP contribution < -0.4 is 5.32 Å². The van der Waals surface area contributed by atoms with Crippen molar-refractivity contribution in [3.05, 3.63) is 28.8 Å². The Morgan fingerprint density at radius 1 is 1.42 bits per heavy atom. The highest BCUT2D eigenvalue weighted by molar-refractivity contribution is 6.31. The number of hydrogen-bond donors (Lipinski definition) is 2. The molecule has 2 rings (SSSR count). The fraction of sp³-hybridized carbons (Fsp3) is 0.500. The smallest absolute Gasteiger partial charge is 0.321 e. The van der Waals surface area contributed by atoms with Crippen LogP contribution >= 0.6 is 11.6 Å². The minimum atomic E-state index is -0.649. The number of aliphatic hydroxyl groups is 1. The van der Waals surface area contributed by atoms with Crippen molar-refractivity contribution in [1.82, 2.24) is 4.90 Å². The molecule has 0 bridgehead atoms. The molecule has 4 nitrogen and oxygen atoms in total. The average Bonchev–Trinajstić information content (AvgIpc) is 2.33. The van der Waals surface area contributed by atoms with Crippen molar-refractivity contribution < 1.29 is 9.90 Å². The number of piperidine rings is 1. The minimum absolute atomic E-state index is 0.143. The average molecular weight is 283 g/mol. The van der Waals surface area contributed by atoms with Gasteiger partial charge in [-0.2, -0.15) is 0 Å². The van der Waals surface area contributed by atoms with Gasteiger partial charge in [0.05, 0.1) is 5.60 Å². The fourth-order valence-corrected chi connectivity index (χ4v) is 2.25. The van der Waals surface area contributed by atoms with Gasteiger partial charge in [-0.3, -0.25) is 0 Å². The maximum atomic E-state index is 12.1. The summed E-state index contributed by atoms with van der Waals surface area (Å²) in [5.41, 5.74) is 1.02. The van der Waals surface area contributed by atoms with Gasteiger partial charge in [0.1, 0.15) is 0 Å². The van der Waals surface area contributed by atoms with Crippen LogP contribution in [-0.2, 0) is 0 Å². The molecule has 0 atom stereocenters. The van der Waals surface area contributed by atoms with Gasteiger partial charge in [-0.25, -0.2) is 4.79 Å². The SMILES string of the molecule is Cc1ccc(NC(=O)N2CCC(C)(O)CC2)cc1Cl. The van der Waals surface area contributed by atoms with Gasteiger partial charge < -0.3 is 15.3 Å². The standard InChI is InChI=1S/C14H19ClN2O2/c1-10-3-4-11(9-12(10)15)16-13(18)17-7-5-14(2,19)6-8-17/h3-4,9,19H,5-8H2,1-2H3,(H,16,18). The summed E-state index contributed by atoms with van der Waals surface area (Å²) in [5, 5.41) is 13.3. The number of rotatable bonds is 1. The van der Waals surface area contributed by atoms with Gasteiger partial charge >= 0.3 is 6.03 Å². The maximum Gasteiger partial charge on any atom is 0.321 e. The fourth-order valence-electron chi connectivity index (χ4n) is 2.06. The molecular weight excluding hydrogens is 264 g/mol. The molecule has 1 aromatic rings. The number of urea groups is 1. The Balaban J connectivity index is 1.96. The Labute approximate surface area is 118 Å². The molecule has 0 saturated carbocycles. The molecule has 1 aliphatic heterocycles. The number of amides is 2. The molecular formula is C14H19ClN2O2. The number of anilines is 1. The summed E-state index contributed by atoms with van der Waals surface area (Å²) in [6.07, 6.45) is 1.21. The van der Waals surface area contributed by atoms with E-state index in [4.69, 9.17) is 11.6 Å². The lowest BCUT2D eigenvalue weighted by atomic mass is 9.94. The quantitative estimate of drug-likeness (QED) is 0.832. The van der Waals surface area contributed by atoms with Gasteiger partial charge in [-0.05, 0) is 44.4 Å². The first kappa shape index (κ1) is 14.2. The monoisotopic (exact) mass is 282 g/mol. The molecule has 104 valence electrons. The molecule has 1 fully saturated rings. The number of carbonyl (C=O) groups is 1. The van der Waals surface area contributed by atoms with E-state index in [-0.39, 0.29) is 6.03 Å². The normalized spacial score (nSPS) is 18.2. The lowest BCUT2D eigenvalue weighted by Gasteiger charge is -2.35. The molecule has 19 heavy (non-hydrogen) atoms. The number of likely N-dealkylation sites (tertiary alicyclic amines) is 1. The predicted molar refractivity (Wildman–Crippen MR) is 76.6 cm³/mol. The predicted octanol–water partition coefficient (Wildman–Crippen LogP) is 3.03. The van der Waals surface area contributed by atoms with E-state index in [1.165, 1.54) is 0 Å². The van der Waals surface area contributed by atoms with E-state index in [1.807, 2.05) is 26.0 Å². The number of halogens is 1. The van der Waals surface area contributed by atoms with Crippen molar-refractivity contribution in [3.63, 3.8) is 0 Å². The maximum absolute atomic E-state index is 12.1. The van der Waals surface area contributed by atoms with E-state index in [0.29, 0.717) is 36.6 Å². The second kappa shape index (κ2) is 5.39. The highest BCUT2D eigenvalue weighted by Gasteiger charge is 2.29. The van der Waals surface area contributed by atoms with Crippen molar-refractivity contribution >= 4 is 23.3 Å². The summed E-state index contributed by atoms with van der Waals surface area (Å²) in [4.78, 5) is 13.8. The Morgan fingerprint density at radius 2 is 2.05 bits per heavy atom. The summed E-state index contributed by atoms with van der Waals surface area (Å²) in [6, 6.07) is 5.31. The van der Waals surface area contributed by atoms with Gasteiger partial charge in [0.25, 0.3) is 0 Å². The van der Waals surface area contributed by atoms with E-state index >= 15 is 0 Å². The Kier molecular flexibility index (Phi) is 4.02. The van der Waals surface area contributed by atoms with E-state index < -0.39 is 5.60 Å². The van der Waals surface area contributed by atoms with Gasteiger partial charge in [0.15, 0.2) is 0 Å². The number of nitrogens with one attached hydrogen (secondary N) is 1. The van der Waals surface area contributed by atoms with E-state index in [9.17, 15) is 9.90 Å². The van der Waals surface area contributed by atoms with E-state index in [1.54, 1.807) is 11.0 Å². The minimum Gasteiger partial charge on any atom is -0.390 e. The first-order chi connectivity index (χ1) is 8.87. The first-order valence-corrected chi connectivity index (χ1v) is 6.80. The number of nitrogens with zero attached hydrogens (tertiary/aromatic N) is 1. The molecule has 2 amide bonds. The van der Waals surface area contributed by atoms with Crippen LogP contribution in [0, 0.1) is 6.92 Å². The summed E-state index contributed by atoms with van der Waals surface area (Å²) in [7, 11) is 0. The van der Waals surface area contributed by atoms with Crippen LogP contribution in [0.25, 0.3) is 0 Å². The van der Waals surface area contributed by atoms with Crippen LogP contribution in [0.4, 0.5) is 10.5 Å². The van der Waals surface area contributed by atoms with Crippen LogP contribution in [0.5, 0.6) is 0 Å².